The molecule has 0 spiro atoms. The zero-order chi connectivity index (χ0) is 12.1. The zero-order valence-corrected chi connectivity index (χ0v) is 8.79. The molecule has 0 atom stereocenters. The third-order valence-corrected chi connectivity index (χ3v) is 2.13. The number of carbonyl (C=O) groups excluding carboxylic acids is 1. The number of halogens is 1. The van der Waals surface area contributed by atoms with E-state index in [0.29, 0.717) is 5.56 Å². The van der Waals surface area contributed by atoms with Gasteiger partial charge in [-0.25, -0.2) is 4.39 Å². The second-order valence-corrected chi connectivity index (χ2v) is 3.19. The highest BCUT2D eigenvalue weighted by molar-refractivity contribution is 5.72. The molecule has 0 fully saturated rings. The predicted molar refractivity (Wildman–Crippen MR) is 54.7 cm³/mol. The molecule has 0 heterocycles. The van der Waals surface area contributed by atoms with Gasteiger partial charge in [-0.2, -0.15) is 5.26 Å². The molecule has 1 rings (SSSR count). The molecule has 2 N–H and O–H groups in total. The standard InChI is InChI=1S/C11H11FN2O2/c1-16-10(15)4-8-2-7(5-13)3-9(6-14)11(8)12/h2-3H,4-5,13H2,1H3. The maximum atomic E-state index is 13.6. The van der Waals surface area contributed by atoms with Crippen molar-refractivity contribution in [2.45, 2.75) is 13.0 Å². The van der Waals surface area contributed by atoms with Crippen molar-refractivity contribution in [2.24, 2.45) is 5.73 Å². The van der Waals surface area contributed by atoms with Crippen molar-refractivity contribution < 1.29 is 13.9 Å². The fourth-order valence-corrected chi connectivity index (χ4v) is 1.31. The van der Waals surface area contributed by atoms with Crippen molar-refractivity contribution in [3.63, 3.8) is 0 Å². The van der Waals surface area contributed by atoms with Crippen LogP contribution in [0.5, 0.6) is 0 Å². The maximum absolute atomic E-state index is 13.6. The third kappa shape index (κ3) is 2.55. The summed E-state index contributed by atoms with van der Waals surface area (Å²) in [7, 11) is 1.22. The Labute approximate surface area is 92.4 Å². The van der Waals surface area contributed by atoms with Gasteiger partial charge in [-0.3, -0.25) is 4.79 Å². The first-order valence-corrected chi connectivity index (χ1v) is 4.60. The number of ether oxygens (including phenoxy) is 1. The summed E-state index contributed by atoms with van der Waals surface area (Å²) < 4.78 is 18.1. The molecule has 16 heavy (non-hydrogen) atoms. The smallest absolute Gasteiger partial charge is 0.310 e. The van der Waals surface area contributed by atoms with E-state index in [9.17, 15) is 9.18 Å². The van der Waals surface area contributed by atoms with Crippen LogP contribution < -0.4 is 5.73 Å². The zero-order valence-electron chi connectivity index (χ0n) is 8.79. The Morgan fingerprint density at radius 3 is 2.81 bits per heavy atom. The van der Waals surface area contributed by atoms with E-state index in [2.05, 4.69) is 4.74 Å². The number of esters is 1. The van der Waals surface area contributed by atoms with E-state index in [1.807, 2.05) is 0 Å². The van der Waals surface area contributed by atoms with Crippen LogP contribution in [0, 0.1) is 17.1 Å². The summed E-state index contributed by atoms with van der Waals surface area (Å²) in [6, 6.07) is 4.56. The summed E-state index contributed by atoms with van der Waals surface area (Å²) >= 11 is 0. The molecular weight excluding hydrogens is 211 g/mol. The first-order valence-electron chi connectivity index (χ1n) is 4.60. The molecule has 4 nitrogen and oxygen atoms in total. The fraction of sp³-hybridized carbons (Fsp3) is 0.273. The number of methoxy groups -OCH3 is 1. The Balaban J connectivity index is 3.17. The Bertz CT molecular complexity index is 452. The van der Waals surface area contributed by atoms with Crippen molar-refractivity contribution in [3.8, 4) is 6.07 Å². The van der Waals surface area contributed by atoms with Gasteiger partial charge in [-0.05, 0) is 11.6 Å². The topological polar surface area (TPSA) is 76.1 Å². The number of carbonyl (C=O) groups is 1. The Morgan fingerprint density at radius 1 is 1.62 bits per heavy atom. The minimum absolute atomic E-state index is 0.109. The number of benzene rings is 1. The second kappa shape index (κ2) is 5.24. The molecule has 0 saturated heterocycles. The van der Waals surface area contributed by atoms with Crippen molar-refractivity contribution in [3.05, 3.63) is 34.6 Å². The molecule has 0 aliphatic heterocycles. The molecule has 0 aromatic heterocycles. The number of hydrogen-bond donors (Lipinski definition) is 1. The first-order chi connectivity index (χ1) is 7.62. The summed E-state index contributed by atoms with van der Waals surface area (Å²) in [5, 5.41) is 8.71. The number of rotatable bonds is 3. The van der Waals surface area contributed by atoms with E-state index < -0.39 is 11.8 Å². The van der Waals surface area contributed by atoms with Crippen LogP contribution in [0.25, 0.3) is 0 Å². The summed E-state index contributed by atoms with van der Waals surface area (Å²) in [5.41, 5.74) is 6.04. The maximum Gasteiger partial charge on any atom is 0.310 e. The molecule has 0 saturated carbocycles. The molecule has 1 aromatic carbocycles. The lowest BCUT2D eigenvalue weighted by Gasteiger charge is -2.06. The largest absolute Gasteiger partial charge is 0.469 e. The minimum Gasteiger partial charge on any atom is -0.469 e. The van der Waals surface area contributed by atoms with E-state index >= 15 is 0 Å². The van der Waals surface area contributed by atoms with Gasteiger partial charge in [0, 0.05) is 12.1 Å². The monoisotopic (exact) mass is 222 g/mol. The van der Waals surface area contributed by atoms with Crippen molar-refractivity contribution in [1.82, 2.24) is 0 Å². The van der Waals surface area contributed by atoms with Gasteiger partial charge in [0.25, 0.3) is 0 Å². The van der Waals surface area contributed by atoms with Gasteiger partial charge in [0.05, 0.1) is 19.1 Å². The van der Waals surface area contributed by atoms with Crippen LogP contribution in [0.15, 0.2) is 12.1 Å². The summed E-state index contributed by atoms with van der Waals surface area (Å²) in [6.07, 6.45) is -0.204. The first kappa shape index (κ1) is 12.1. The summed E-state index contributed by atoms with van der Waals surface area (Å²) in [5.74, 6) is -1.25. The highest BCUT2D eigenvalue weighted by atomic mass is 19.1. The number of nitriles is 1. The number of nitrogens with zero attached hydrogens (tertiary/aromatic N) is 1. The average molecular weight is 222 g/mol. The highest BCUT2D eigenvalue weighted by Gasteiger charge is 2.13. The minimum atomic E-state index is -0.690. The molecule has 0 aliphatic carbocycles. The Morgan fingerprint density at radius 2 is 2.31 bits per heavy atom. The van der Waals surface area contributed by atoms with Gasteiger partial charge in [0.2, 0.25) is 0 Å². The predicted octanol–water partition coefficient (Wildman–Crippen LogP) is 0.872. The summed E-state index contributed by atoms with van der Waals surface area (Å²) in [6.45, 7) is 0.184. The molecule has 0 amide bonds. The van der Waals surface area contributed by atoms with Gasteiger partial charge in [0.1, 0.15) is 11.9 Å². The van der Waals surface area contributed by atoms with Gasteiger partial charge in [-0.1, -0.05) is 6.07 Å². The molecule has 0 aliphatic rings. The Kier molecular flexibility index (Phi) is 3.97. The van der Waals surface area contributed by atoms with E-state index in [0.717, 1.165) is 0 Å². The van der Waals surface area contributed by atoms with E-state index in [4.69, 9.17) is 11.0 Å². The van der Waals surface area contributed by atoms with E-state index in [-0.39, 0.29) is 24.1 Å². The van der Waals surface area contributed by atoms with E-state index in [1.54, 1.807) is 6.07 Å². The van der Waals surface area contributed by atoms with Crippen molar-refractivity contribution in [1.29, 1.82) is 5.26 Å². The lowest BCUT2D eigenvalue weighted by atomic mass is 10.0. The van der Waals surface area contributed by atoms with Crippen LogP contribution in [0.3, 0.4) is 0 Å². The average Bonchev–Trinajstić information content (AvgIpc) is 2.31. The van der Waals surface area contributed by atoms with Gasteiger partial charge >= 0.3 is 5.97 Å². The molecule has 0 bridgehead atoms. The van der Waals surface area contributed by atoms with Crippen LogP contribution in [0.2, 0.25) is 0 Å². The SMILES string of the molecule is COC(=O)Cc1cc(CN)cc(C#N)c1F. The highest BCUT2D eigenvalue weighted by Crippen LogP contribution is 2.16. The van der Waals surface area contributed by atoms with Crippen LogP contribution in [0.1, 0.15) is 16.7 Å². The van der Waals surface area contributed by atoms with Crippen LogP contribution in [0.4, 0.5) is 4.39 Å². The molecule has 84 valence electrons. The van der Waals surface area contributed by atoms with Crippen LogP contribution in [-0.2, 0) is 22.5 Å². The normalized spacial score (nSPS) is 9.62. The van der Waals surface area contributed by atoms with Gasteiger partial charge < -0.3 is 10.5 Å². The van der Waals surface area contributed by atoms with Crippen molar-refractivity contribution >= 4 is 5.97 Å². The molecule has 0 radical (unpaired) electrons. The van der Waals surface area contributed by atoms with E-state index in [1.165, 1.54) is 19.2 Å². The number of hydrogen-bond acceptors (Lipinski definition) is 4. The lowest BCUT2D eigenvalue weighted by molar-refractivity contribution is -0.139. The Hall–Kier alpha value is -1.93. The van der Waals surface area contributed by atoms with Gasteiger partial charge in [0.15, 0.2) is 0 Å². The molecular formula is C11H11FN2O2. The van der Waals surface area contributed by atoms with Crippen molar-refractivity contribution in [2.75, 3.05) is 7.11 Å². The molecule has 1 aromatic rings. The van der Waals surface area contributed by atoms with Crippen LogP contribution in [-0.4, -0.2) is 13.1 Å². The molecule has 0 unspecified atom stereocenters. The number of nitrogens with two attached hydrogens (primary N) is 1. The fourth-order valence-electron chi connectivity index (χ4n) is 1.31. The summed E-state index contributed by atoms with van der Waals surface area (Å²) in [4.78, 5) is 11.0. The second-order valence-electron chi connectivity index (χ2n) is 3.19. The molecule has 5 heteroatoms. The third-order valence-electron chi connectivity index (χ3n) is 2.13. The lowest BCUT2D eigenvalue weighted by Crippen LogP contribution is -2.09. The van der Waals surface area contributed by atoms with Crippen LogP contribution >= 0.6 is 0 Å². The van der Waals surface area contributed by atoms with Gasteiger partial charge in [-0.15, -0.1) is 0 Å². The quantitative estimate of drug-likeness (QED) is 0.770.